The van der Waals surface area contributed by atoms with Gasteiger partial charge >= 0.3 is 0 Å². The summed E-state index contributed by atoms with van der Waals surface area (Å²) in [5, 5.41) is 11.5. The largest absolute Gasteiger partial charge is 0.388 e. The molecule has 2 aromatic rings. The van der Waals surface area contributed by atoms with Crippen LogP contribution in [0.15, 0.2) is 6.33 Å². The van der Waals surface area contributed by atoms with Crippen LogP contribution in [0.4, 0.5) is 11.8 Å². The molecule has 0 bridgehead atoms. The highest BCUT2D eigenvalue weighted by atomic mass is 16.5. The van der Waals surface area contributed by atoms with Gasteiger partial charge in [-0.05, 0) is 39.2 Å². The molecule has 0 aliphatic carbocycles. The van der Waals surface area contributed by atoms with Crippen LogP contribution in [0.5, 0.6) is 0 Å². The second-order valence-corrected chi connectivity index (χ2v) is 9.55. The quantitative estimate of drug-likeness (QED) is 0.350. The first-order valence-electron chi connectivity index (χ1n) is 11.5. The minimum absolute atomic E-state index is 0.0259. The molecular formula is C21H35N9O3. The molecule has 2 saturated heterocycles. The van der Waals surface area contributed by atoms with Crippen LogP contribution in [0.3, 0.4) is 0 Å². The van der Waals surface area contributed by atoms with Gasteiger partial charge < -0.3 is 42.2 Å². The number of rotatable bonds is 6. The molecule has 2 aliphatic rings. The van der Waals surface area contributed by atoms with E-state index in [1.54, 1.807) is 17.8 Å². The third kappa shape index (κ3) is 4.60. The minimum atomic E-state index is -1.09. The average molecular weight is 462 g/mol. The molecule has 4 rings (SSSR count). The van der Waals surface area contributed by atoms with E-state index in [1.165, 1.54) is 0 Å². The summed E-state index contributed by atoms with van der Waals surface area (Å²) in [7, 11) is 0. The van der Waals surface area contributed by atoms with Crippen molar-refractivity contribution in [2.24, 2.45) is 11.5 Å². The van der Waals surface area contributed by atoms with E-state index in [0.717, 1.165) is 12.8 Å². The predicted molar refractivity (Wildman–Crippen MR) is 124 cm³/mol. The van der Waals surface area contributed by atoms with Gasteiger partial charge in [-0.15, -0.1) is 0 Å². The lowest BCUT2D eigenvalue weighted by Crippen LogP contribution is -2.59. The van der Waals surface area contributed by atoms with E-state index in [9.17, 15) is 9.90 Å². The van der Waals surface area contributed by atoms with Crippen LogP contribution in [-0.4, -0.2) is 78.9 Å². The molecule has 1 spiro atoms. The first-order chi connectivity index (χ1) is 15.7. The maximum atomic E-state index is 12.7. The van der Waals surface area contributed by atoms with E-state index < -0.39 is 23.3 Å². The number of piperidine rings is 1. The van der Waals surface area contributed by atoms with Crippen molar-refractivity contribution in [2.45, 2.75) is 68.7 Å². The number of likely N-dealkylation sites (tertiary alicyclic amines) is 1. The SMILES string of the molecule is C[C@]1(O)CC2(CCN(C(=O)[C@@H](N)CCCCN)CC2)OC[C@@H]1n1cnc2c(N)nc(N)nc21. The van der Waals surface area contributed by atoms with Gasteiger partial charge in [-0.25, -0.2) is 4.98 Å². The van der Waals surface area contributed by atoms with Gasteiger partial charge in [-0.2, -0.15) is 9.97 Å². The van der Waals surface area contributed by atoms with Gasteiger partial charge in [-0.1, -0.05) is 6.42 Å². The van der Waals surface area contributed by atoms with Crippen LogP contribution in [0.2, 0.25) is 0 Å². The second kappa shape index (κ2) is 9.01. The summed E-state index contributed by atoms with van der Waals surface area (Å²) < 4.78 is 8.12. The van der Waals surface area contributed by atoms with Gasteiger partial charge in [0.2, 0.25) is 11.9 Å². The third-order valence-corrected chi connectivity index (χ3v) is 7.02. The van der Waals surface area contributed by atoms with Crippen LogP contribution >= 0.6 is 0 Å². The van der Waals surface area contributed by atoms with Crippen LogP contribution < -0.4 is 22.9 Å². The average Bonchev–Trinajstić information content (AvgIpc) is 3.17. The molecule has 4 heterocycles. The molecule has 0 radical (unpaired) electrons. The predicted octanol–water partition coefficient (Wildman–Crippen LogP) is -0.479. The number of aromatic nitrogens is 4. The molecule has 12 nitrogen and oxygen atoms in total. The number of anilines is 2. The Kier molecular flexibility index (Phi) is 6.45. The van der Waals surface area contributed by atoms with Crippen molar-refractivity contribution >= 4 is 28.8 Å². The summed E-state index contributed by atoms with van der Waals surface area (Å²) in [5.74, 6) is 0.220. The number of aliphatic hydroxyl groups is 1. The summed E-state index contributed by atoms with van der Waals surface area (Å²) in [5.41, 5.74) is 22.6. The van der Waals surface area contributed by atoms with Crippen molar-refractivity contribution in [3.05, 3.63) is 6.33 Å². The van der Waals surface area contributed by atoms with Gasteiger partial charge in [-0.3, -0.25) is 4.79 Å². The van der Waals surface area contributed by atoms with Crippen LogP contribution in [0.25, 0.3) is 11.2 Å². The Labute approximate surface area is 192 Å². The van der Waals surface area contributed by atoms with E-state index in [1.807, 2.05) is 4.90 Å². The fourth-order valence-corrected chi connectivity index (χ4v) is 5.14. The lowest BCUT2D eigenvalue weighted by Gasteiger charge is -2.51. The zero-order chi connectivity index (χ0) is 23.8. The standard InChI is InChI=1S/C21H35N9O3/c1-20(32)11-21(5-8-29(9-6-21)18(31)13(23)4-2-3-7-22)33-10-14(20)30-12-26-15-16(24)27-19(25)28-17(15)30/h12-14,32H,2-11,22-23H2,1H3,(H4,24,25,27,28)/t13-,14-,20-/m0/s1. The van der Waals surface area contributed by atoms with Gasteiger partial charge in [0.05, 0.1) is 36.2 Å². The molecule has 3 atom stereocenters. The van der Waals surface area contributed by atoms with Crippen molar-refractivity contribution < 1.29 is 14.6 Å². The number of imidazole rings is 1. The van der Waals surface area contributed by atoms with E-state index in [-0.39, 0.29) is 24.3 Å². The smallest absolute Gasteiger partial charge is 0.239 e. The number of unbranched alkanes of at least 4 members (excludes halogenated alkanes) is 1. The highest BCUT2D eigenvalue weighted by Crippen LogP contribution is 2.44. The highest BCUT2D eigenvalue weighted by Gasteiger charge is 2.50. The summed E-state index contributed by atoms with van der Waals surface area (Å²) >= 11 is 0. The fourth-order valence-electron chi connectivity index (χ4n) is 5.14. The number of fused-ring (bicyclic) bond motifs is 1. The van der Waals surface area contributed by atoms with Crippen LogP contribution in [-0.2, 0) is 9.53 Å². The molecule has 9 N–H and O–H groups in total. The molecule has 182 valence electrons. The van der Waals surface area contributed by atoms with Gasteiger partial charge in [0.15, 0.2) is 11.5 Å². The molecule has 0 unspecified atom stereocenters. The van der Waals surface area contributed by atoms with E-state index in [4.69, 9.17) is 27.7 Å². The summed E-state index contributed by atoms with van der Waals surface area (Å²) in [6.45, 7) is 3.78. The number of carbonyl (C=O) groups is 1. The second-order valence-electron chi connectivity index (χ2n) is 9.55. The molecule has 12 heteroatoms. The maximum Gasteiger partial charge on any atom is 0.239 e. The molecule has 0 aromatic carbocycles. The number of nitrogens with zero attached hydrogens (tertiary/aromatic N) is 5. The Morgan fingerprint density at radius 2 is 2.03 bits per heavy atom. The number of hydrogen-bond acceptors (Lipinski definition) is 10. The number of nitrogens with two attached hydrogens (primary N) is 4. The number of carbonyl (C=O) groups excluding carboxylic acids is 1. The first kappa shape index (κ1) is 23.6. The number of ether oxygens (including phenoxy) is 1. The van der Waals surface area contributed by atoms with Crippen molar-refractivity contribution in [2.75, 3.05) is 37.7 Å². The van der Waals surface area contributed by atoms with Crippen molar-refractivity contribution in [3.8, 4) is 0 Å². The fraction of sp³-hybridized carbons (Fsp3) is 0.714. The van der Waals surface area contributed by atoms with Gasteiger partial charge in [0.25, 0.3) is 0 Å². The monoisotopic (exact) mass is 461 g/mol. The normalized spacial score (nSPS) is 26.1. The van der Waals surface area contributed by atoms with Crippen molar-refractivity contribution in [3.63, 3.8) is 0 Å². The third-order valence-electron chi connectivity index (χ3n) is 7.02. The van der Waals surface area contributed by atoms with Crippen molar-refractivity contribution in [1.29, 1.82) is 0 Å². The highest BCUT2D eigenvalue weighted by molar-refractivity contribution is 5.83. The Bertz CT molecular complexity index is 1000. The number of hydrogen-bond donors (Lipinski definition) is 5. The molecule has 2 aromatic heterocycles. The summed E-state index contributed by atoms with van der Waals surface area (Å²) in [6, 6.07) is -0.917. The zero-order valence-corrected chi connectivity index (χ0v) is 19.1. The molecule has 0 saturated carbocycles. The topological polar surface area (TPSA) is 197 Å². The summed E-state index contributed by atoms with van der Waals surface area (Å²) in [6.07, 6.45) is 5.65. The molecular weight excluding hydrogens is 426 g/mol. The van der Waals surface area contributed by atoms with E-state index in [0.29, 0.717) is 56.5 Å². The Morgan fingerprint density at radius 1 is 1.30 bits per heavy atom. The Balaban J connectivity index is 1.43. The Morgan fingerprint density at radius 3 is 2.70 bits per heavy atom. The molecule has 2 fully saturated rings. The molecule has 33 heavy (non-hydrogen) atoms. The minimum Gasteiger partial charge on any atom is -0.388 e. The zero-order valence-electron chi connectivity index (χ0n) is 19.1. The maximum absolute atomic E-state index is 12.7. The lowest BCUT2D eigenvalue weighted by molar-refractivity contribution is -0.197. The number of nitrogen functional groups attached to an aromatic ring is 2. The van der Waals surface area contributed by atoms with E-state index in [2.05, 4.69) is 15.0 Å². The number of amides is 1. The van der Waals surface area contributed by atoms with Crippen LogP contribution in [0, 0.1) is 0 Å². The lowest BCUT2D eigenvalue weighted by atomic mass is 9.75. The van der Waals surface area contributed by atoms with Gasteiger partial charge in [0, 0.05) is 19.5 Å². The molecule has 1 amide bonds. The molecule has 2 aliphatic heterocycles. The van der Waals surface area contributed by atoms with Crippen LogP contribution in [0.1, 0.15) is 51.5 Å². The Hall–Kier alpha value is -2.54. The van der Waals surface area contributed by atoms with Crippen molar-refractivity contribution in [1.82, 2.24) is 24.4 Å². The van der Waals surface area contributed by atoms with Gasteiger partial charge in [0.1, 0.15) is 5.52 Å². The summed E-state index contributed by atoms with van der Waals surface area (Å²) in [4.78, 5) is 27.1. The first-order valence-corrected chi connectivity index (χ1v) is 11.5. The van der Waals surface area contributed by atoms with E-state index >= 15 is 0 Å².